The van der Waals surface area contributed by atoms with Gasteiger partial charge in [0.25, 0.3) is 5.91 Å². The molecule has 0 unspecified atom stereocenters. The maximum Gasteiger partial charge on any atom is 0.269 e. The lowest BCUT2D eigenvalue weighted by atomic mass is 9.94. The number of carbonyl (C=O) groups is 2. The van der Waals surface area contributed by atoms with E-state index in [0.29, 0.717) is 16.3 Å². The monoisotopic (exact) mass is 499 g/mol. The van der Waals surface area contributed by atoms with Crippen LogP contribution in [0.2, 0.25) is 0 Å². The summed E-state index contributed by atoms with van der Waals surface area (Å²) < 4.78 is 5.34. The van der Waals surface area contributed by atoms with Crippen molar-refractivity contribution in [1.29, 1.82) is 0 Å². The first-order valence-corrected chi connectivity index (χ1v) is 13.2. The minimum Gasteiger partial charge on any atom is -0.497 e. The Hall–Kier alpha value is -3.71. The average molecular weight is 500 g/mol. The van der Waals surface area contributed by atoms with Crippen LogP contribution in [-0.4, -0.2) is 29.9 Å². The summed E-state index contributed by atoms with van der Waals surface area (Å²) in [6.07, 6.45) is 7.08. The Morgan fingerprint density at radius 1 is 1.03 bits per heavy atom. The Balaban J connectivity index is 1.62. The number of methoxy groups -OCH3 is 1. The molecule has 0 aliphatic heterocycles. The van der Waals surface area contributed by atoms with Crippen LogP contribution in [0, 0.1) is 0 Å². The maximum absolute atomic E-state index is 14.0. The second-order valence-corrected chi connectivity index (χ2v) is 10.00. The number of rotatable bonds is 7. The molecule has 1 fully saturated rings. The first-order valence-electron chi connectivity index (χ1n) is 12.3. The first kappa shape index (κ1) is 24.0. The largest absolute Gasteiger partial charge is 0.497 e. The van der Waals surface area contributed by atoms with Gasteiger partial charge in [0.05, 0.1) is 17.5 Å². The van der Waals surface area contributed by atoms with E-state index < -0.39 is 6.04 Å². The molecule has 1 atom stereocenters. The molecule has 4 aromatic rings. The van der Waals surface area contributed by atoms with Gasteiger partial charge in [0.15, 0.2) is 0 Å². The zero-order valence-corrected chi connectivity index (χ0v) is 21.0. The molecule has 184 valence electrons. The SMILES string of the molecule is COc1ccc(N(C(=O)c2cccs2)[C@H](C(=O)NC2CCCCC2)c2ccc3ncccc3c2)cc1. The van der Waals surface area contributed by atoms with Crippen molar-refractivity contribution in [3.63, 3.8) is 0 Å². The van der Waals surface area contributed by atoms with Crippen molar-refractivity contribution < 1.29 is 14.3 Å². The molecule has 1 saturated carbocycles. The molecular weight excluding hydrogens is 470 g/mol. The summed E-state index contributed by atoms with van der Waals surface area (Å²) in [5, 5.41) is 6.06. The molecule has 0 saturated heterocycles. The van der Waals surface area contributed by atoms with E-state index in [1.807, 2.05) is 66.0 Å². The van der Waals surface area contributed by atoms with Gasteiger partial charge in [-0.2, -0.15) is 0 Å². The molecule has 36 heavy (non-hydrogen) atoms. The number of anilines is 1. The lowest BCUT2D eigenvalue weighted by Crippen LogP contribution is -2.47. The van der Waals surface area contributed by atoms with Crippen LogP contribution in [0.3, 0.4) is 0 Å². The van der Waals surface area contributed by atoms with Crippen molar-refractivity contribution in [3.8, 4) is 5.75 Å². The fraction of sp³-hybridized carbons (Fsp3) is 0.276. The predicted molar refractivity (Wildman–Crippen MR) is 144 cm³/mol. The van der Waals surface area contributed by atoms with Crippen molar-refractivity contribution in [1.82, 2.24) is 10.3 Å². The third kappa shape index (κ3) is 5.11. The normalized spacial score (nSPS) is 14.8. The number of nitrogens with one attached hydrogen (secondary N) is 1. The second-order valence-electron chi connectivity index (χ2n) is 9.05. The van der Waals surface area contributed by atoms with Crippen LogP contribution in [0.1, 0.15) is 53.4 Å². The number of amides is 2. The van der Waals surface area contributed by atoms with Gasteiger partial charge < -0.3 is 10.1 Å². The first-order chi connectivity index (χ1) is 17.6. The number of aromatic nitrogens is 1. The van der Waals surface area contributed by atoms with Gasteiger partial charge in [-0.15, -0.1) is 11.3 Å². The number of pyridine rings is 1. The van der Waals surface area contributed by atoms with E-state index in [9.17, 15) is 9.59 Å². The molecule has 1 aliphatic rings. The van der Waals surface area contributed by atoms with E-state index in [-0.39, 0.29) is 17.9 Å². The molecule has 2 heterocycles. The molecule has 0 bridgehead atoms. The molecule has 2 aromatic carbocycles. The van der Waals surface area contributed by atoms with Gasteiger partial charge >= 0.3 is 0 Å². The van der Waals surface area contributed by atoms with Crippen molar-refractivity contribution in [2.75, 3.05) is 12.0 Å². The quantitative estimate of drug-likeness (QED) is 0.331. The summed E-state index contributed by atoms with van der Waals surface area (Å²) in [5.41, 5.74) is 2.21. The lowest BCUT2D eigenvalue weighted by molar-refractivity contribution is -0.123. The van der Waals surface area contributed by atoms with Crippen molar-refractivity contribution >= 4 is 39.7 Å². The Kier molecular flexibility index (Phi) is 7.28. The average Bonchev–Trinajstić information content (AvgIpc) is 3.47. The van der Waals surface area contributed by atoms with E-state index in [4.69, 9.17) is 4.74 Å². The van der Waals surface area contributed by atoms with E-state index in [0.717, 1.165) is 42.1 Å². The van der Waals surface area contributed by atoms with Gasteiger partial charge in [0.1, 0.15) is 11.8 Å². The van der Waals surface area contributed by atoms with Crippen LogP contribution in [0.15, 0.2) is 78.3 Å². The van der Waals surface area contributed by atoms with Gasteiger partial charge in [-0.25, -0.2) is 0 Å². The molecule has 6 nitrogen and oxygen atoms in total. The Morgan fingerprint density at radius 3 is 2.56 bits per heavy atom. The molecule has 7 heteroatoms. The van der Waals surface area contributed by atoms with Crippen LogP contribution in [0.25, 0.3) is 10.9 Å². The highest BCUT2D eigenvalue weighted by Crippen LogP contribution is 2.33. The molecular formula is C29H29N3O3S. The van der Waals surface area contributed by atoms with Crippen LogP contribution < -0.4 is 15.0 Å². The number of hydrogen-bond donors (Lipinski definition) is 1. The molecule has 2 amide bonds. The summed E-state index contributed by atoms with van der Waals surface area (Å²) in [5.74, 6) is 0.290. The summed E-state index contributed by atoms with van der Waals surface area (Å²) in [6, 6.07) is 19.8. The van der Waals surface area contributed by atoms with Crippen molar-refractivity contribution in [2.45, 2.75) is 44.2 Å². The number of carbonyl (C=O) groups excluding carboxylic acids is 2. The number of fused-ring (bicyclic) bond motifs is 1. The van der Waals surface area contributed by atoms with Crippen LogP contribution in [0.5, 0.6) is 5.75 Å². The van der Waals surface area contributed by atoms with Crippen molar-refractivity contribution in [3.05, 3.63) is 88.7 Å². The topological polar surface area (TPSA) is 71.5 Å². The Labute approximate surface area is 214 Å². The second kappa shape index (κ2) is 10.9. The van der Waals surface area contributed by atoms with E-state index in [2.05, 4.69) is 10.3 Å². The summed E-state index contributed by atoms with van der Waals surface area (Å²) >= 11 is 1.37. The molecule has 5 rings (SSSR count). The highest BCUT2D eigenvalue weighted by Gasteiger charge is 2.35. The smallest absolute Gasteiger partial charge is 0.269 e. The summed E-state index contributed by atoms with van der Waals surface area (Å²) in [4.78, 5) is 34.6. The van der Waals surface area contributed by atoms with Gasteiger partial charge in [-0.05, 0) is 72.3 Å². The van der Waals surface area contributed by atoms with E-state index >= 15 is 0 Å². The minimum absolute atomic E-state index is 0.116. The van der Waals surface area contributed by atoms with E-state index in [1.54, 1.807) is 24.3 Å². The molecule has 2 aromatic heterocycles. The molecule has 1 N–H and O–H groups in total. The zero-order chi connectivity index (χ0) is 24.9. The van der Waals surface area contributed by atoms with Gasteiger partial charge in [-0.1, -0.05) is 37.5 Å². The van der Waals surface area contributed by atoms with E-state index in [1.165, 1.54) is 17.8 Å². The summed E-state index contributed by atoms with van der Waals surface area (Å²) in [7, 11) is 1.60. The molecule has 0 spiro atoms. The Bertz CT molecular complexity index is 1330. The highest BCUT2D eigenvalue weighted by molar-refractivity contribution is 7.12. The lowest BCUT2D eigenvalue weighted by Gasteiger charge is -2.33. The van der Waals surface area contributed by atoms with Crippen LogP contribution in [-0.2, 0) is 4.79 Å². The minimum atomic E-state index is -0.848. The third-order valence-electron chi connectivity index (χ3n) is 6.70. The fourth-order valence-corrected chi connectivity index (χ4v) is 5.51. The fourth-order valence-electron chi connectivity index (χ4n) is 4.85. The van der Waals surface area contributed by atoms with Crippen molar-refractivity contribution in [2.24, 2.45) is 0 Å². The number of hydrogen-bond acceptors (Lipinski definition) is 5. The number of nitrogens with zero attached hydrogens (tertiary/aromatic N) is 2. The van der Waals surface area contributed by atoms with Crippen LogP contribution >= 0.6 is 11.3 Å². The highest BCUT2D eigenvalue weighted by atomic mass is 32.1. The third-order valence-corrected chi connectivity index (χ3v) is 7.56. The Morgan fingerprint density at radius 2 is 1.83 bits per heavy atom. The standard InChI is InChI=1S/C29H29N3O3S/c1-35-24-14-12-23(13-15-24)32(29(34)26-10-6-18-36-26)27(28(33)31-22-8-3-2-4-9-22)21-11-16-25-20(19-21)7-5-17-30-25/h5-7,10-19,22,27H,2-4,8-9H2,1H3,(H,31,33)/t27-/m0/s1. The van der Waals surface area contributed by atoms with Gasteiger partial charge in [-0.3, -0.25) is 19.5 Å². The number of ether oxygens (including phenoxy) is 1. The number of benzene rings is 2. The molecule has 0 radical (unpaired) electrons. The van der Waals surface area contributed by atoms with Gasteiger partial charge in [0.2, 0.25) is 5.91 Å². The molecule has 1 aliphatic carbocycles. The number of thiophene rings is 1. The maximum atomic E-state index is 14.0. The zero-order valence-electron chi connectivity index (χ0n) is 20.2. The van der Waals surface area contributed by atoms with Crippen LogP contribution in [0.4, 0.5) is 5.69 Å². The van der Waals surface area contributed by atoms with Gasteiger partial charge in [0, 0.05) is 23.3 Å². The predicted octanol–water partition coefficient (Wildman–Crippen LogP) is 6.14. The summed E-state index contributed by atoms with van der Waals surface area (Å²) in [6.45, 7) is 0.